The molecule has 1 atom stereocenters. The van der Waals surface area contributed by atoms with E-state index in [1.165, 1.54) is 0 Å². The summed E-state index contributed by atoms with van der Waals surface area (Å²) in [7, 11) is 3.20. The van der Waals surface area contributed by atoms with E-state index in [1.54, 1.807) is 21.1 Å². The highest BCUT2D eigenvalue weighted by atomic mass is 16.5. The van der Waals surface area contributed by atoms with Crippen molar-refractivity contribution in [1.29, 1.82) is 0 Å². The number of aliphatic carboxylic acids is 1. The molecule has 0 aromatic heterocycles. The Morgan fingerprint density at radius 3 is 2.42 bits per heavy atom. The fourth-order valence-electron chi connectivity index (χ4n) is 1.72. The van der Waals surface area contributed by atoms with Crippen molar-refractivity contribution in [2.45, 2.75) is 20.4 Å². The van der Waals surface area contributed by atoms with Crippen LogP contribution in [0.2, 0.25) is 0 Å². The summed E-state index contributed by atoms with van der Waals surface area (Å²) in [6, 6.07) is 3.82. The molecule has 19 heavy (non-hydrogen) atoms. The lowest BCUT2D eigenvalue weighted by Gasteiger charge is -2.14. The van der Waals surface area contributed by atoms with Crippen molar-refractivity contribution in [2.75, 3.05) is 20.8 Å². The third kappa shape index (κ3) is 4.13. The molecule has 0 fully saturated rings. The maximum Gasteiger partial charge on any atom is 0.307 e. The van der Waals surface area contributed by atoms with Gasteiger partial charge in [-0.15, -0.1) is 0 Å². The zero-order chi connectivity index (χ0) is 14.4. The van der Waals surface area contributed by atoms with Crippen molar-refractivity contribution in [3.05, 3.63) is 23.3 Å². The fraction of sp³-hybridized carbons (Fsp3) is 0.500. The minimum Gasteiger partial charge on any atom is -0.493 e. The maximum atomic E-state index is 10.7. The number of benzene rings is 1. The minimum atomic E-state index is -0.795. The van der Waals surface area contributed by atoms with Gasteiger partial charge in [0.15, 0.2) is 11.5 Å². The number of nitrogens with one attached hydrogen (secondary N) is 1. The molecule has 0 amide bonds. The molecular formula is C14H21NO4. The Bertz CT molecular complexity index is 445. The SMILES string of the molecule is COc1cc(C)c(CNCC(C)C(=O)O)cc1OC. The van der Waals surface area contributed by atoms with Gasteiger partial charge in [0.25, 0.3) is 0 Å². The third-order valence-electron chi connectivity index (χ3n) is 3.03. The van der Waals surface area contributed by atoms with Crippen LogP contribution >= 0.6 is 0 Å². The number of rotatable bonds is 7. The summed E-state index contributed by atoms with van der Waals surface area (Å²) in [5, 5.41) is 11.9. The van der Waals surface area contributed by atoms with Crippen LogP contribution in [-0.4, -0.2) is 31.8 Å². The van der Waals surface area contributed by atoms with E-state index < -0.39 is 11.9 Å². The first-order valence-electron chi connectivity index (χ1n) is 6.14. The normalized spacial score (nSPS) is 12.0. The van der Waals surface area contributed by atoms with E-state index in [0.717, 1.165) is 11.1 Å². The predicted molar refractivity (Wildman–Crippen MR) is 72.8 cm³/mol. The molecule has 106 valence electrons. The second kappa shape index (κ2) is 6.99. The third-order valence-corrected chi connectivity index (χ3v) is 3.03. The highest BCUT2D eigenvalue weighted by molar-refractivity contribution is 5.69. The van der Waals surface area contributed by atoms with E-state index in [0.29, 0.717) is 24.6 Å². The zero-order valence-electron chi connectivity index (χ0n) is 11.8. The molecule has 1 aromatic rings. The van der Waals surface area contributed by atoms with Gasteiger partial charge in [-0.2, -0.15) is 0 Å². The molecule has 0 aliphatic carbocycles. The Kier molecular flexibility index (Phi) is 5.63. The first kappa shape index (κ1) is 15.3. The second-order valence-electron chi connectivity index (χ2n) is 4.50. The van der Waals surface area contributed by atoms with Gasteiger partial charge in [0, 0.05) is 13.1 Å². The summed E-state index contributed by atoms with van der Waals surface area (Å²) in [5.41, 5.74) is 2.14. The molecule has 5 nitrogen and oxygen atoms in total. The minimum absolute atomic E-state index is 0.402. The van der Waals surface area contributed by atoms with Crippen LogP contribution in [0.4, 0.5) is 0 Å². The second-order valence-corrected chi connectivity index (χ2v) is 4.50. The van der Waals surface area contributed by atoms with Gasteiger partial charge in [-0.3, -0.25) is 4.79 Å². The summed E-state index contributed by atoms with van der Waals surface area (Å²) in [5.74, 6) is 0.177. The Morgan fingerprint density at radius 1 is 1.32 bits per heavy atom. The van der Waals surface area contributed by atoms with Crippen LogP contribution in [-0.2, 0) is 11.3 Å². The van der Waals surface area contributed by atoms with Crippen LogP contribution in [0.5, 0.6) is 11.5 Å². The number of hydrogen-bond donors (Lipinski definition) is 2. The Labute approximate surface area is 113 Å². The maximum absolute atomic E-state index is 10.7. The number of carboxylic acid groups (broad SMARTS) is 1. The summed E-state index contributed by atoms with van der Waals surface area (Å²) in [4.78, 5) is 10.7. The van der Waals surface area contributed by atoms with E-state index in [-0.39, 0.29) is 0 Å². The molecule has 1 unspecified atom stereocenters. The van der Waals surface area contributed by atoms with Crippen LogP contribution in [0, 0.1) is 12.8 Å². The lowest BCUT2D eigenvalue weighted by atomic mass is 10.1. The van der Waals surface area contributed by atoms with Crippen molar-refractivity contribution in [2.24, 2.45) is 5.92 Å². The molecule has 0 heterocycles. The first-order chi connectivity index (χ1) is 8.99. The van der Waals surface area contributed by atoms with E-state index in [2.05, 4.69) is 5.32 Å². The summed E-state index contributed by atoms with van der Waals surface area (Å²) in [6.45, 7) is 4.70. The number of carbonyl (C=O) groups is 1. The summed E-state index contributed by atoms with van der Waals surface area (Å²) < 4.78 is 10.5. The lowest BCUT2D eigenvalue weighted by molar-refractivity contribution is -0.140. The average molecular weight is 267 g/mol. The van der Waals surface area contributed by atoms with Crippen molar-refractivity contribution in [1.82, 2.24) is 5.32 Å². The van der Waals surface area contributed by atoms with E-state index in [4.69, 9.17) is 14.6 Å². The van der Waals surface area contributed by atoms with Gasteiger partial charge in [-0.25, -0.2) is 0 Å². The van der Waals surface area contributed by atoms with E-state index >= 15 is 0 Å². The smallest absolute Gasteiger partial charge is 0.307 e. The van der Waals surface area contributed by atoms with Crippen molar-refractivity contribution >= 4 is 5.97 Å². The molecule has 0 aliphatic rings. The van der Waals surface area contributed by atoms with Crippen LogP contribution in [0.25, 0.3) is 0 Å². The zero-order valence-corrected chi connectivity index (χ0v) is 11.8. The molecule has 0 radical (unpaired) electrons. The molecule has 0 bridgehead atoms. The Balaban J connectivity index is 2.71. The number of ether oxygens (including phenoxy) is 2. The molecule has 0 saturated heterocycles. The van der Waals surface area contributed by atoms with Gasteiger partial charge in [0.05, 0.1) is 20.1 Å². The quantitative estimate of drug-likeness (QED) is 0.788. The summed E-state index contributed by atoms with van der Waals surface area (Å²) in [6.07, 6.45) is 0. The number of hydrogen-bond acceptors (Lipinski definition) is 4. The monoisotopic (exact) mass is 267 g/mol. The molecule has 1 rings (SSSR count). The molecule has 2 N–H and O–H groups in total. The number of aryl methyl sites for hydroxylation is 1. The Morgan fingerprint density at radius 2 is 1.89 bits per heavy atom. The number of carboxylic acids is 1. The highest BCUT2D eigenvalue weighted by Crippen LogP contribution is 2.30. The van der Waals surface area contributed by atoms with Gasteiger partial charge in [-0.05, 0) is 30.2 Å². The molecule has 1 aromatic carbocycles. The van der Waals surface area contributed by atoms with Crippen LogP contribution < -0.4 is 14.8 Å². The van der Waals surface area contributed by atoms with Crippen molar-refractivity contribution in [3.8, 4) is 11.5 Å². The Hall–Kier alpha value is -1.75. The first-order valence-corrected chi connectivity index (χ1v) is 6.14. The largest absolute Gasteiger partial charge is 0.493 e. The molecule has 0 aliphatic heterocycles. The predicted octanol–water partition coefficient (Wildman–Crippen LogP) is 1.82. The molecular weight excluding hydrogens is 246 g/mol. The van der Waals surface area contributed by atoms with Gasteiger partial charge in [0.1, 0.15) is 0 Å². The van der Waals surface area contributed by atoms with Crippen molar-refractivity contribution in [3.63, 3.8) is 0 Å². The molecule has 0 spiro atoms. The molecule has 5 heteroatoms. The molecule has 0 saturated carbocycles. The standard InChI is InChI=1S/C14H21NO4/c1-9-5-12(18-3)13(19-4)6-11(9)8-15-7-10(2)14(16)17/h5-6,10,15H,7-8H2,1-4H3,(H,16,17). The van der Waals surface area contributed by atoms with Crippen molar-refractivity contribution < 1.29 is 19.4 Å². The van der Waals surface area contributed by atoms with Gasteiger partial charge in [0.2, 0.25) is 0 Å². The average Bonchev–Trinajstić information content (AvgIpc) is 2.39. The van der Waals surface area contributed by atoms with Crippen LogP contribution in [0.3, 0.4) is 0 Å². The number of methoxy groups -OCH3 is 2. The lowest BCUT2D eigenvalue weighted by Crippen LogP contribution is -2.26. The van der Waals surface area contributed by atoms with E-state index in [9.17, 15) is 4.79 Å². The van der Waals surface area contributed by atoms with Gasteiger partial charge in [-0.1, -0.05) is 6.92 Å². The summed E-state index contributed by atoms with van der Waals surface area (Å²) >= 11 is 0. The van der Waals surface area contributed by atoms with Gasteiger partial charge < -0.3 is 19.9 Å². The van der Waals surface area contributed by atoms with Crippen LogP contribution in [0.1, 0.15) is 18.1 Å². The topological polar surface area (TPSA) is 67.8 Å². The van der Waals surface area contributed by atoms with Crippen LogP contribution in [0.15, 0.2) is 12.1 Å². The fourth-order valence-corrected chi connectivity index (χ4v) is 1.72. The highest BCUT2D eigenvalue weighted by Gasteiger charge is 2.11. The van der Waals surface area contributed by atoms with E-state index in [1.807, 2.05) is 19.1 Å². The van der Waals surface area contributed by atoms with Gasteiger partial charge >= 0.3 is 5.97 Å².